The van der Waals surface area contributed by atoms with Gasteiger partial charge in [-0.25, -0.2) is 5.01 Å². The predicted octanol–water partition coefficient (Wildman–Crippen LogP) is 4.01. The van der Waals surface area contributed by atoms with Gasteiger partial charge in [0.2, 0.25) is 0 Å². The maximum Gasteiger partial charge on any atom is 0.416 e. The molecule has 0 saturated heterocycles. The average Bonchev–Trinajstić information content (AvgIpc) is 3.10. The van der Waals surface area contributed by atoms with Gasteiger partial charge in [-0.1, -0.05) is 22.6 Å². The van der Waals surface area contributed by atoms with Gasteiger partial charge in [-0.3, -0.25) is 5.43 Å². The Morgan fingerprint density at radius 1 is 1.18 bits per heavy atom. The molecule has 0 saturated carbocycles. The van der Waals surface area contributed by atoms with Crippen LogP contribution < -0.4 is 5.43 Å². The standard InChI is InChI=1S/C18H19F3N4O3/c1-28-7-3-6-25-17(22-23-24-25)14-9-13(15(26)10-16(14)27)11-4-2-5-12(8-11)18(19,20)21/h2,4-5,8-10,17,26-27H,3,6-7H2,1H3,(H,22,24). The number of aromatic hydroxyl groups is 2. The molecule has 1 unspecified atom stereocenters. The molecular weight excluding hydrogens is 377 g/mol. The summed E-state index contributed by atoms with van der Waals surface area (Å²) in [6.07, 6.45) is -4.47. The summed E-state index contributed by atoms with van der Waals surface area (Å²) in [6, 6.07) is 7.15. The van der Waals surface area contributed by atoms with Crippen molar-refractivity contribution in [2.24, 2.45) is 10.4 Å². The molecule has 28 heavy (non-hydrogen) atoms. The molecule has 2 aromatic carbocycles. The number of benzene rings is 2. The Kier molecular flexibility index (Phi) is 5.59. The molecule has 0 aromatic heterocycles. The Bertz CT molecular complexity index is 874. The van der Waals surface area contributed by atoms with Crippen LogP contribution in [0.15, 0.2) is 46.8 Å². The lowest BCUT2D eigenvalue weighted by Crippen LogP contribution is -2.28. The normalized spacial score (nSPS) is 16.4. The van der Waals surface area contributed by atoms with Crippen molar-refractivity contribution in [3.8, 4) is 22.6 Å². The quantitative estimate of drug-likeness (QED) is 0.642. The van der Waals surface area contributed by atoms with E-state index in [1.807, 2.05) is 0 Å². The molecule has 10 heteroatoms. The van der Waals surface area contributed by atoms with Crippen LogP contribution in [0.5, 0.6) is 11.5 Å². The third-order valence-corrected chi connectivity index (χ3v) is 4.31. The summed E-state index contributed by atoms with van der Waals surface area (Å²) in [4.78, 5) is 0. The number of ether oxygens (including phenoxy) is 1. The number of halogens is 3. The summed E-state index contributed by atoms with van der Waals surface area (Å²) < 4.78 is 44.1. The minimum Gasteiger partial charge on any atom is -0.507 e. The summed E-state index contributed by atoms with van der Waals surface area (Å²) in [5.74, 6) is -0.562. The van der Waals surface area contributed by atoms with Crippen LogP contribution in [0.4, 0.5) is 13.2 Å². The smallest absolute Gasteiger partial charge is 0.416 e. The first-order valence-electron chi connectivity index (χ1n) is 8.46. The van der Waals surface area contributed by atoms with E-state index in [0.717, 1.165) is 18.2 Å². The molecular formula is C18H19F3N4O3. The minimum atomic E-state index is -4.51. The number of nitrogens with zero attached hydrogens (tertiary/aromatic N) is 3. The molecule has 7 nitrogen and oxygen atoms in total. The topological polar surface area (TPSA) is 89.7 Å². The van der Waals surface area contributed by atoms with Crippen LogP contribution in [0.25, 0.3) is 11.1 Å². The Hall–Kier alpha value is -3.01. The predicted molar refractivity (Wildman–Crippen MR) is 94.1 cm³/mol. The van der Waals surface area contributed by atoms with Gasteiger partial charge in [-0.15, -0.1) is 0 Å². The van der Waals surface area contributed by atoms with Gasteiger partial charge in [0, 0.05) is 37.5 Å². The van der Waals surface area contributed by atoms with Crippen molar-refractivity contribution < 1.29 is 28.1 Å². The van der Waals surface area contributed by atoms with Gasteiger partial charge in [0.1, 0.15) is 11.5 Å². The molecule has 1 aliphatic rings. The molecule has 1 atom stereocenters. The summed E-state index contributed by atoms with van der Waals surface area (Å²) >= 11 is 0. The van der Waals surface area contributed by atoms with E-state index in [-0.39, 0.29) is 22.6 Å². The van der Waals surface area contributed by atoms with Crippen molar-refractivity contribution in [1.82, 2.24) is 10.4 Å². The van der Waals surface area contributed by atoms with Gasteiger partial charge in [0.25, 0.3) is 0 Å². The zero-order valence-electron chi connectivity index (χ0n) is 14.9. The lowest BCUT2D eigenvalue weighted by Gasteiger charge is -2.23. The molecule has 150 valence electrons. The highest BCUT2D eigenvalue weighted by molar-refractivity contribution is 5.73. The van der Waals surface area contributed by atoms with Crippen molar-refractivity contribution in [1.29, 1.82) is 0 Å². The van der Waals surface area contributed by atoms with Gasteiger partial charge in [0.15, 0.2) is 6.17 Å². The van der Waals surface area contributed by atoms with E-state index in [9.17, 15) is 23.4 Å². The molecule has 1 aliphatic heterocycles. The van der Waals surface area contributed by atoms with Gasteiger partial charge < -0.3 is 14.9 Å². The summed E-state index contributed by atoms with van der Waals surface area (Å²) in [5.41, 5.74) is 2.57. The zero-order valence-corrected chi connectivity index (χ0v) is 14.9. The molecule has 0 radical (unpaired) electrons. The fourth-order valence-corrected chi connectivity index (χ4v) is 2.94. The zero-order chi connectivity index (χ0) is 20.3. The molecule has 2 aromatic rings. The van der Waals surface area contributed by atoms with E-state index in [4.69, 9.17) is 4.74 Å². The van der Waals surface area contributed by atoms with Crippen LogP contribution in [0.2, 0.25) is 0 Å². The lowest BCUT2D eigenvalue weighted by molar-refractivity contribution is -0.137. The second-order valence-electron chi connectivity index (χ2n) is 6.24. The molecule has 0 amide bonds. The molecule has 3 rings (SSSR count). The number of hydrogen-bond donors (Lipinski definition) is 3. The van der Waals surface area contributed by atoms with Crippen LogP contribution >= 0.6 is 0 Å². The number of alkyl halides is 3. The van der Waals surface area contributed by atoms with E-state index >= 15 is 0 Å². The first-order chi connectivity index (χ1) is 13.3. The summed E-state index contributed by atoms with van der Waals surface area (Å²) in [7, 11) is 1.58. The van der Waals surface area contributed by atoms with Gasteiger partial charge >= 0.3 is 6.18 Å². The highest BCUT2D eigenvalue weighted by Crippen LogP contribution is 2.40. The first-order valence-corrected chi connectivity index (χ1v) is 8.46. The Labute approximate surface area is 159 Å². The number of phenolic OH excluding ortho intramolecular Hbond substituents is 2. The third kappa shape index (κ3) is 4.11. The Morgan fingerprint density at radius 2 is 1.96 bits per heavy atom. The van der Waals surface area contributed by atoms with Crippen molar-refractivity contribution in [3.05, 3.63) is 47.5 Å². The Morgan fingerprint density at radius 3 is 2.68 bits per heavy atom. The second-order valence-corrected chi connectivity index (χ2v) is 6.24. The van der Waals surface area contributed by atoms with E-state index in [1.165, 1.54) is 18.2 Å². The fraction of sp³-hybridized carbons (Fsp3) is 0.333. The van der Waals surface area contributed by atoms with Crippen LogP contribution in [0, 0.1) is 0 Å². The van der Waals surface area contributed by atoms with Crippen molar-refractivity contribution in [3.63, 3.8) is 0 Å². The number of nitrogens with one attached hydrogen (secondary N) is 1. The molecule has 0 aliphatic carbocycles. The monoisotopic (exact) mass is 396 g/mol. The number of hydrogen-bond acceptors (Lipinski definition) is 7. The lowest BCUT2D eigenvalue weighted by atomic mass is 9.98. The van der Waals surface area contributed by atoms with Crippen LogP contribution in [-0.2, 0) is 10.9 Å². The van der Waals surface area contributed by atoms with Crippen molar-refractivity contribution in [2.45, 2.75) is 18.8 Å². The van der Waals surface area contributed by atoms with Gasteiger partial charge in [0.05, 0.1) is 5.56 Å². The van der Waals surface area contributed by atoms with E-state index in [0.29, 0.717) is 25.1 Å². The molecule has 0 bridgehead atoms. The van der Waals surface area contributed by atoms with E-state index in [2.05, 4.69) is 15.9 Å². The number of phenols is 2. The maximum absolute atomic E-state index is 13.0. The largest absolute Gasteiger partial charge is 0.507 e. The van der Waals surface area contributed by atoms with E-state index in [1.54, 1.807) is 12.1 Å². The Balaban J connectivity index is 1.96. The molecule has 1 heterocycles. The van der Waals surface area contributed by atoms with Crippen LogP contribution in [-0.4, -0.2) is 35.5 Å². The van der Waals surface area contributed by atoms with Crippen LogP contribution in [0.1, 0.15) is 23.7 Å². The fourth-order valence-electron chi connectivity index (χ4n) is 2.94. The van der Waals surface area contributed by atoms with Crippen LogP contribution in [0.3, 0.4) is 0 Å². The highest BCUT2D eigenvalue weighted by atomic mass is 19.4. The number of rotatable bonds is 6. The molecule has 0 fully saturated rings. The maximum atomic E-state index is 13.0. The minimum absolute atomic E-state index is 0.157. The number of methoxy groups -OCH3 is 1. The average molecular weight is 396 g/mol. The molecule has 0 spiro atoms. The van der Waals surface area contributed by atoms with E-state index < -0.39 is 17.9 Å². The molecule has 3 N–H and O–H groups in total. The van der Waals surface area contributed by atoms with Gasteiger partial charge in [-0.2, -0.15) is 13.2 Å². The van der Waals surface area contributed by atoms with Crippen molar-refractivity contribution >= 4 is 0 Å². The SMILES string of the molecule is COCCCN1N=NNC1c1cc(-c2cccc(C(F)(F)F)c2)c(O)cc1O. The van der Waals surface area contributed by atoms with Gasteiger partial charge in [-0.05, 0) is 30.2 Å². The second kappa shape index (κ2) is 7.93. The van der Waals surface area contributed by atoms with Crippen molar-refractivity contribution in [2.75, 3.05) is 20.3 Å². The highest BCUT2D eigenvalue weighted by Gasteiger charge is 2.31. The summed E-state index contributed by atoms with van der Waals surface area (Å²) in [6.45, 7) is 0.990. The summed E-state index contributed by atoms with van der Waals surface area (Å²) in [5, 5.41) is 29.8. The first kappa shape index (κ1) is 19.7. The third-order valence-electron chi connectivity index (χ3n) is 4.31.